The van der Waals surface area contributed by atoms with Crippen LogP contribution in [0.5, 0.6) is 0 Å². The van der Waals surface area contributed by atoms with Crippen molar-refractivity contribution in [2.45, 2.75) is 6.54 Å². The molecular weight excluding hydrogens is 301 g/mol. The molecule has 0 atom stereocenters. The molecule has 0 saturated heterocycles. The summed E-state index contributed by atoms with van der Waals surface area (Å²) in [4.78, 5) is 4.74. The van der Waals surface area contributed by atoms with Gasteiger partial charge in [0.2, 0.25) is 0 Å². The number of aromatic nitrogens is 2. The number of anilines is 1. The van der Waals surface area contributed by atoms with E-state index in [4.69, 9.17) is 10.7 Å². The summed E-state index contributed by atoms with van der Waals surface area (Å²) in [6.45, 7) is 0.674. The van der Waals surface area contributed by atoms with Crippen LogP contribution in [0.4, 0.5) is 10.1 Å². The van der Waals surface area contributed by atoms with Crippen molar-refractivity contribution in [3.05, 3.63) is 84.2 Å². The Morgan fingerprint density at radius 2 is 1.58 bits per heavy atom. The molecule has 0 fully saturated rings. The highest BCUT2D eigenvalue weighted by Crippen LogP contribution is 2.26. The summed E-state index contributed by atoms with van der Waals surface area (Å²) < 4.78 is 15.4. The second-order valence-corrected chi connectivity index (χ2v) is 5.76. The van der Waals surface area contributed by atoms with E-state index in [1.54, 1.807) is 12.1 Å². The molecule has 118 valence electrons. The molecule has 3 aromatic carbocycles. The highest BCUT2D eigenvalue weighted by atomic mass is 19.1. The molecule has 0 bridgehead atoms. The maximum atomic E-state index is 13.3. The summed E-state index contributed by atoms with van der Waals surface area (Å²) in [6.07, 6.45) is 0. The van der Waals surface area contributed by atoms with Gasteiger partial charge in [-0.15, -0.1) is 0 Å². The van der Waals surface area contributed by atoms with Gasteiger partial charge in [0.25, 0.3) is 0 Å². The standard InChI is InChI=1S/C20H16FN3/c21-16-9-7-15(8-10-16)20-23-18-3-1-2-4-19(18)24(20)13-14-5-11-17(22)12-6-14/h1-12H,13,22H2. The maximum absolute atomic E-state index is 13.3. The molecule has 3 nitrogen and oxygen atoms in total. The van der Waals surface area contributed by atoms with Crippen molar-refractivity contribution < 1.29 is 4.39 Å². The Bertz CT molecular complexity index is 986. The number of imidazole rings is 1. The fraction of sp³-hybridized carbons (Fsp3) is 0.0500. The van der Waals surface area contributed by atoms with E-state index in [9.17, 15) is 4.39 Å². The van der Waals surface area contributed by atoms with Crippen LogP contribution in [0.25, 0.3) is 22.4 Å². The molecule has 0 aliphatic rings. The summed E-state index contributed by atoms with van der Waals surface area (Å²) in [5.41, 5.74) is 10.5. The zero-order valence-electron chi connectivity index (χ0n) is 13.0. The fourth-order valence-corrected chi connectivity index (χ4v) is 2.86. The predicted octanol–water partition coefficient (Wildman–Crippen LogP) is 4.47. The van der Waals surface area contributed by atoms with Gasteiger partial charge in [-0.3, -0.25) is 0 Å². The zero-order chi connectivity index (χ0) is 16.5. The first kappa shape index (κ1) is 14.5. The van der Waals surface area contributed by atoms with Gasteiger partial charge in [-0.25, -0.2) is 9.37 Å². The van der Waals surface area contributed by atoms with Crippen LogP contribution in [0.15, 0.2) is 72.8 Å². The van der Waals surface area contributed by atoms with Gasteiger partial charge in [0.05, 0.1) is 11.0 Å². The van der Waals surface area contributed by atoms with Crippen LogP contribution in [0.2, 0.25) is 0 Å². The van der Waals surface area contributed by atoms with Gasteiger partial charge in [-0.1, -0.05) is 24.3 Å². The highest BCUT2D eigenvalue weighted by molar-refractivity contribution is 5.80. The van der Waals surface area contributed by atoms with Crippen LogP contribution < -0.4 is 5.73 Å². The molecule has 0 radical (unpaired) electrons. The van der Waals surface area contributed by atoms with Crippen molar-refractivity contribution >= 4 is 16.7 Å². The Hall–Kier alpha value is -3.14. The van der Waals surface area contributed by atoms with Gasteiger partial charge >= 0.3 is 0 Å². The van der Waals surface area contributed by atoms with Gasteiger partial charge in [0.15, 0.2) is 0 Å². The number of rotatable bonds is 3. The lowest BCUT2D eigenvalue weighted by molar-refractivity contribution is 0.628. The first-order valence-corrected chi connectivity index (χ1v) is 7.76. The maximum Gasteiger partial charge on any atom is 0.141 e. The molecule has 1 aromatic heterocycles. The minimum atomic E-state index is -0.250. The molecule has 0 aliphatic heterocycles. The molecule has 4 aromatic rings. The molecule has 0 amide bonds. The molecule has 4 rings (SSSR count). The second-order valence-electron chi connectivity index (χ2n) is 5.76. The summed E-state index contributed by atoms with van der Waals surface area (Å²) >= 11 is 0. The van der Waals surface area contributed by atoms with Gasteiger partial charge < -0.3 is 10.3 Å². The van der Waals surface area contributed by atoms with E-state index in [-0.39, 0.29) is 5.82 Å². The number of nitrogens with two attached hydrogens (primary N) is 1. The topological polar surface area (TPSA) is 43.8 Å². The van der Waals surface area contributed by atoms with Crippen molar-refractivity contribution in [3.8, 4) is 11.4 Å². The Labute approximate surface area is 139 Å². The number of halogens is 1. The van der Waals surface area contributed by atoms with Crippen LogP contribution in [0.3, 0.4) is 0 Å². The quantitative estimate of drug-likeness (QED) is 0.566. The Morgan fingerprint density at radius 3 is 2.33 bits per heavy atom. The van der Waals surface area contributed by atoms with Crippen LogP contribution in [-0.4, -0.2) is 9.55 Å². The summed E-state index contributed by atoms with van der Waals surface area (Å²) in [5.74, 6) is 0.577. The number of hydrogen-bond acceptors (Lipinski definition) is 2. The van der Waals surface area contributed by atoms with Crippen molar-refractivity contribution in [1.82, 2.24) is 9.55 Å². The van der Waals surface area contributed by atoms with Gasteiger partial charge in [0, 0.05) is 17.8 Å². The molecular formula is C20H16FN3. The van der Waals surface area contributed by atoms with Gasteiger partial charge in [0.1, 0.15) is 11.6 Å². The SMILES string of the molecule is Nc1ccc(Cn2c(-c3ccc(F)cc3)nc3ccccc32)cc1. The molecule has 0 unspecified atom stereocenters. The zero-order valence-corrected chi connectivity index (χ0v) is 13.0. The van der Waals surface area contributed by atoms with E-state index in [2.05, 4.69) is 4.57 Å². The first-order valence-electron chi connectivity index (χ1n) is 7.76. The van der Waals surface area contributed by atoms with Gasteiger partial charge in [-0.2, -0.15) is 0 Å². The lowest BCUT2D eigenvalue weighted by Crippen LogP contribution is -2.02. The summed E-state index contributed by atoms with van der Waals surface area (Å²) in [6, 6.07) is 22.3. The Kier molecular flexibility index (Phi) is 3.50. The normalized spacial score (nSPS) is 11.0. The van der Waals surface area contributed by atoms with E-state index in [1.165, 1.54) is 12.1 Å². The Balaban J connectivity index is 1.86. The summed E-state index contributed by atoms with van der Waals surface area (Å²) in [7, 11) is 0. The first-order chi connectivity index (χ1) is 11.7. The van der Waals surface area contributed by atoms with E-state index in [0.717, 1.165) is 33.7 Å². The third-order valence-corrected chi connectivity index (χ3v) is 4.08. The number of nitrogens with zero attached hydrogens (tertiary/aromatic N) is 2. The number of para-hydroxylation sites is 2. The largest absolute Gasteiger partial charge is 0.399 e. The molecule has 2 N–H and O–H groups in total. The van der Waals surface area contributed by atoms with Crippen LogP contribution in [-0.2, 0) is 6.54 Å². The highest BCUT2D eigenvalue weighted by Gasteiger charge is 2.12. The smallest absolute Gasteiger partial charge is 0.141 e. The third kappa shape index (κ3) is 2.63. The molecule has 0 saturated carbocycles. The van der Waals surface area contributed by atoms with E-state index in [0.29, 0.717) is 6.54 Å². The Morgan fingerprint density at radius 1 is 0.875 bits per heavy atom. The number of nitrogen functional groups attached to an aromatic ring is 1. The number of hydrogen-bond donors (Lipinski definition) is 1. The van der Waals surface area contributed by atoms with Crippen LogP contribution in [0.1, 0.15) is 5.56 Å². The monoisotopic (exact) mass is 317 g/mol. The second kappa shape index (κ2) is 5.81. The number of fused-ring (bicyclic) bond motifs is 1. The van der Waals surface area contributed by atoms with Crippen molar-refractivity contribution in [3.63, 3.8) is 0 Å². The minimum absolute atomic E-state index is 0.250. The van der Waals surface area contributed by atoms with Gasteiger partial charge in [-0.05, 0) is 54.1 Å². The predicted molar refractivity (Wildman–Crippen MR) is 95.1 cm³/mol. The lowest BCUT2D eigenvalue weighted by Gasteiger charge is -2.10. The number of benzene rings is 3. The molecule has 4 heteroatoms. The lowest BCUT2D eigenvalue weighted by atomic mass is 10.1. The van der Waals surface area contributed by atoms with Crippen molar-refractivity contribution in [1.29, 1.82) is 0 Å². The fourth-order valence-electron chi connectivity index (χ4n) is 2.86. The van der Waals surface area contributed by atoms with E-state index >= 15 is 0 Å². The average Bonchev–Trinajstić information content (AvgIpc) is 2.96. The minimum Gasteiger partial charge on any atom is -0.399 e. The molecule has 0 spiro atoms. The van der Waals surface area contributed by atoms with Crippen molar-refractivity contribution in [2.24, 2.45) is 0 Å². The molecule has 24 heavy (non-hydrogen) atoms. The molecule has 0 aliphatic carbocycles. The van der Waals surface area contributed by atoms with Crippen LogP contribution in [0, 0.1) is 5.82 Å². The summed E-state index contributed by atoms with van der Waals surface area (Å²) in [5, 5.41) is 0. The van der Waals surface area contributed by atoms with Crippen molar-refractivity contribution in [2.75, 3.05) is 5.73 Å². The van der Waals surface area contributed by atoms with E-state index < -0.39 is 0 Å². The third-order valence-electron chi connectivity index (χ3n) is 4.08. The van der Waals surface area contributed by atoms with E-state index in [1.807, 2.05) is 48.5 Å². The molecule has 1 heterocycles. The average molecular weight is 317 g/mol. The van der Waals surface area contributed by atoms with Crippen LogP contribution >= 0.6 is 0 Å².